The van der Waals surface area contributed by atoms with Gasteiger partial charge in [0.1, 0.15) is 0 Å². The average Bonchev–Trinajstić information content (AvgIpc) is 2.44. The fraction of sp³-hybridized carbons (Fsp3) is 0.500. The van der Waals surface area contributed by atoms with Crippen LogP contribution >= 0.6 is 0 Å². The quantitative estimate of drug-likeness (QED) is 0.683. The summed E-state index contributed by atoms with van der Waals surface area (Å²) in [6.07, 6.45) is 5.35. The lowest BCUT2D eigenvalue weighted by Crippen LogP contribution is -2.04. The highest BCUT2D eigenvalue weighted by molar-refractivity contribution is 5.31. The summed E-state index contributed by atoms with van der Waals surface area (Å²) < 4.78 is 0. The summed E-state index contributed by atoms with van der Waals surface area (Å²) in [4.78, 5) is 4.02. The van der Waals surface area contributed by atoms with Crippen LogP contribution in [0.2, 0.25) is 0 Å². The molecule has 1 heterocycles. The molecule has 0 aromatic carbocycles. The molecule has 0 fully saturated rings. The van der Waals surface area contributed by atoms with Gasteiger partial charge in [0.25, 0.3) is 0 Å². The third kappa shape index (κ3) is 1.03. The van der Waals surface area contributed by atoms with Crippen molar-refractivity contribution in [2.45, 2.75) is 25.9 Å². The third-order valence-electron chi connectivity index (χ3n) is 2.72. The van der Waals surface area contributed by atoms with Gasteiger partial charge in [-0.2, -0.15) is 0 Å². The Morgan fingerprint density at radius 2 is 2.50 bits per heavy atom. The molecule has 0 aliphatic heterocycles. The van der Waals surface area contributed by atoms with E-state index in [0.717, 1.165) is 18.4 Å². The van der Waals surface area contributed by atoms with Gasteiger partial charge in [0, 0.05) is 18.0 Å². The van der Waals surface area contributed by atoms with Gasteiger partial charge >= 0.3 is 0 Å². The van der Waals surface area contributed by atoms with Gasteiger partial charge in [0.2, 0.25) is 0 Å². The van der Waals surface area contributed by atoms with E-state index >= 15 is 0 Å². The number of hydrogen-bond acceptors (Lipinski definition) is 2. The summed E-state index contributed by atoms with van der Waals surface area (Å²) in [6, 6.07) is 2.01. The Labute approximate surface area is 72.3 Å². The summed E-state index contributed by atoms with van der Waals surface area (Å²) in [5.74, 6) is 0.407. The number of aliphatic hydroxyl groups excluding tert-OH is 1. The molecule has 0 radical (unpaired) electrons. The van der Waals surface area contributed by atoms with Gasteiger partial charge in [-0.15, -0.1) is 0 Å². The smallest absolute Gasteiger partial charge is 0.0838 e. The number of aromatic nitrogens is 1. The first kappa shape index (κ1) is 7.74. The minimum Gasteiger partial charge on any atom is -0.388 e. The number of nitrogens with zero attached hydrogens (tertiary/aromatic N) is 1. The summed E-state index contributed by atoms with van der Waals surface area (Å²) >= 11 is 0. The van der Waals surface area contributed by atoms with Crippen molar-refractivity contribution in [2.24, 2.45) is 5.92 Å². The van der Waals surface area contributed by atoms with E-state index in [4.69, 9.17) is 0 Å². The second-order valence-electron chi connectivity index (χ2n) is 3.39. The molecule has 1 aliphatic rings. The summed E-state index contributed by atoms with van der Waals surface area (Å²) in [5, 5.41) is 9.80. The number of hydrogen-bond donors (Lipinski definition) is 1. The Morgan fingerprint density at radius 1 is 1.67 bits per heavy atom. The summed E-state index contributed by atoms with van der Waals surface area (Å²) in [7, 11) is 0. The molecular formula is C10H13NO. The van der Waals surface area contributed by atoms with Crippen molar-refractivity contribution in [3.8, 4) is 0 Å². The number of pyridine rings is 1. The zero-order valence-electron chi connectivity index (χ0n) is 7.20. The third-order valence-corrected chi connectivity index (χ3v) is 2.72. The molecule has 1 aliphatic carbocycles. The predicted molar refractivity (Wildman–Crippen MR) is 46.7 cm³/mol. The minimum absolute atomic E-state index is 0.279. The fourth-order valence-electron chi connectivity index (χ4n) is 1.90. The van der Waals surface area contributed by atoms with Crippen LogP contribution in [0.4, 0.5) is 0 Å². The minimum atomic E-state index is -0.279. The first-order chi connectivity index (χ1) is 5.83. The Balaban J connectivity index is 2.35. The first-order valence-electron chi connectivity index (χ1n) is 4.43. The van der Waals surface area contributed by atoms with Crippen molar-refractivity contribution in [1.82, 2.24) is 4.98 Å². The lowest BCUT2D eigenvalue weighted by atomic mass is 10.0. The molecule has 2 rings (SSSR count). The van der Waals surface area contributed by atoms with Crippen LogP contribution in [0, 0.1) is 5.92 Å². The van der Waals surface area contributed by atoms with Gasteiger partial charge in [-0.05, 0) is 24.0 Å². The van der Waals surface area contributed by atoms with Crippen LogP contribution in [0.25, 0.3) is 0 Å². The van der Waals surface area contributed by atoms with Crippen molar-refractivity contribution in [2.75, 3.05) is 0 Å². The Bertz CT molecular complexity index is 285. The van der Waals surface area contributed by atoms with Crippen LogP contribution < -0.4 is 0 Å². The van der Waals surface area contributed by atoms with E-state index in [0.29, 0.717) is 5.92 Å². The van der Waals surface area contributed by atoms with E-state index in [-0.39, 0.29) is 6.10 Å². The lowest BCUT2D eigenvalue weighted by molar-refractivity contribution is 0.121. The fourth-order valence-corrected chi connectivity index (χ4v) is 1.90. The first-order valence-corrected chi connectivity index (χ1v) is 4.43. The number of rotatable bonds is 1. The summed E-state index contributed by atoms with van der Waals surface area (Å²) in [5.41, 5.74) is 2.30. The number of fused-ring (bicyclic) bond motifs is 1. The molecule has 2 unspecified atom stereocenters. The highest BCUT2D eigenvalue weighted by atomic mass is 16.3. The van der Waals surface area contributed by atoms with E-state index in [1.165, 1.54) is 5.56 Å². The van der Waals surface area contributed by atoms with Crippen molar-refractivity contribution >= 4 is 0 Å². The van der Waals surface area contributed by atoms with Crippen LogP contribution in [-0.2, 0) is 6.42 Å². The van der Waals surface area contributed by atoms with Crippen molar-refractivity contribution < 1.29 is 5.11 Å². The molecule has 1 N–H and O–H groups in total. The van der Waals surface area contributed by atoms with Gasteiger partial charge in [0.05, 0.1) is 6.10 Å². The molecule has 0 spiro atoms. The van der Waals surface area contributed by atoms with E-state index in [1.807, 2.05) is 6.07 Å². The molecule has 1 aromatic rings. The summed E-state index contributed by atoms with van der Waals surface area (Å²) in [6.45, 7) is 2.12. The molecule has 1 aromatic heterocycles. The van der Waals surface area contributed by atoms with E-state index in [2.05, 4.69) is 11.9 Å². The van der Waals surface area contributed by atoms with Crippen LogP contribution in [0.15, 0.2) is 18.5 Å². The molecule has 0 amide bonds. The van der Waals surface area contributed by atoms with Crippen LogP contribution in [0.5, 0.6) is 0 Å². The zero-order valence-corrected chi connectivity index (χ0v) is 7.20. The van der Waals surface area contributed by atoms with Gasteiger partial charge in [-0.1, -0.05) is 13.3 Å². The normalized spacial score (nSPS) is 27.2. The molecule has 2 heteroatoms. The van der Waals surface area contributed by atoms with Crippen molar-refractivity contribution in [1.29, 1.82) is 0 Å². The van der Waals surface area contributed by atoms with E-state index < -0.39 is 0 Å². The Morgan fingerprint density at radius 3 is 3.17 bits per heavy atom. The molecule has 2 nitrogen and oxygen atoms in total. The van der Waals surface area contributed by atoms with Gasteiger partial charge in [-0.25, -0.2) is 0 Å². The van der Waals surface area contributed by atoms with Gasteiger partial charge in [0.15, 0.2) is 0 Å². The zero-order chi connectivity index (χ0) is 8.55. The van der Waals surface area contributed by atoms with E-state index in [1.54, 1.807) is 12.4 Å². The maximum Gasteiger partial charge on any atom is 0.0838 e. The second kappa shape index (κ2) is 2.87. The van der Waals surface area contributed by atoms with Gasteiger partial charge in [-0.3, -0.25) is 4.98 Å². The van der Waals surface area contributed by atoms with Crippen LogP contribution in [-0.4, -0.2) is 10.1 Å². The van der Waals surface area contributed by atoms with Crippen LogP contribution in [0.1, 0.15) is 30.6 Å². The number of aliphatic hydroxyl groups is 1. The second-order valence-corrected chi connectivity index (χ2v) is 3.39. The van der Waals surface area contributed by atoms with Crippen LogP contribution in [0.3, 0.4) is 0 Å². The van der Waals surface area contributed by atoms with Gasteiger partial charge < -0.3 is 5.11 Å². The molecule has 0 saturated heterocycles. The standard InChI is InChI=1S/C10H13NO/c1-2-7-5-8-3-4-11-6-9(8)10(7)12/h3-4,6-7,10,12H,2,5H2,1H3. The van der Waals surface area contributed by atoms with Crippen molar-refractivity contribution in [3.05, 3.63) is 29.6 Å². The average molecular weight is 163 g/mol. The maximum atomic E-state index is 9.80. The largest absolute Gasteiger partial charge is 0.388 e. The SMILES string of the molecule is CCC1Cc2ccncc2C1O. The molecule has 12 heavy (non-hydrogen) atoms. The molecule has 64 valence electrons. The topological polar surface area (TPSA) is 33.1 Å². The molecule has 0 saturated carbocycles. The lowest BCUT2D eigenvalue weighted by Gasteiger charge is -2.10. The molecule has 0 bridgehead atoms. The highest BCUT2D eigenvalue weighted by Crippen LogP contribution is 2.36. The van der Waals surface area contributed by atoms with E-state index in [9.17, 15) is 5.11 Å². The Hall–Kier alpha value is -0.890. The van der Waals surface area contributed by atoms with Crippen molar-refractivity contribution in [3.63, 3.8) is 0 Å². The maximum absolute atomic E-state index is 9.80. The molecular weight excluding hydrogens is 150 g/mol. The predicted octanol–water partition coefficient (Wildman–Crippen LogP) is 1.70. The Kier molecular flexibility index (Phi) is 1.85. The molecule has 2 atom stereocenters. The highest BCUT2D eigenvalue weighted by Gasteiger charge is 2.29. The monoisotopic (exact) mass is 163 g/mol.